The monoisotopic (exact) mass is 276 g/mol. The van der Waals surface area contributed by atoms with Crippen molar-refractivity contribution >= 4 is 17.7 Å². The Labute approximate surface area is 119 Å². The highest BCUT2D eigenvalue weighted by Gasteiger charge is 2.17. The van der Waals surface area contributed by atoms with Gasteiger partial charge in [-0.15, -0.1) is 0 Å². The van der Waals surface area contributed by atoms with Crippen molar-refractivity contribution in [2.75, 3.05) is 19.3 Å². The first kappa shape index (κ1) is 15.6. The lowest BCUT2D eigenvalue weighted by Crippen LogP contribution is -2.36. The van der Waals surface area contributed by atoms with E-state index in [4.69, 9.17) is 5.73 Å². The van der Waals surface area contributed by atoms with Crippen molar-refractivity contribution in [1.29, 1.82) is 0 Å². The van der Waals surface area contributed by atoms with Gasteiger partial charge in [0.1, 0.15) is 0 Å². The van der Waals surface area contributed by atoms with Gasteiger partial charge >= 0.3 is 0 Å². The van der Waals surface area contributed by atoms with Gasteiger partial charge in [-0.2, -0.15) is 11.8 Å². The fourth-order valence-corrected chi connectivity index (χ4v) is 1.58. The maximum Gasteiger partial charge on any atom is 0.251 e. The third-order valence-corrected chi connectivity index (χ3v) is 3.94. The normalized spacial score (nSPS) is 10.5. The molecule has 4 heteroatoms. The van der Waals surface area contributed by atoms with Crippen molar-refractivity contribution in [1.82, 2.24) is 5.32 Å². The lowest BCUT2D eigenvalue weighted by molar-refractivity contribution is 0.0951. The van der Waals surface area contributed by atoms with E-state index in [1.807, 2.05) is 18.4 Å². The Hall–Kier alpha value is -1.44. The van der Waals surface area contributed by atoms with Crippen molar-refractivity contribution < 1.29 is 4.79 Å². The van der Waals surface area contributed by atoms with Gasteiger partial charge < -0.3 is 11.1 Å². The zero-order valence-electron chi connectivity index (χ0n) is 11.6. The quantitative estimate of drug-likeness (QED) is 0.826. The smallest absolute Gasteiger partial charge is 0.251 e. The lowest BCUT2D eigenvalue weighted by atomic mass is 10.1. The van der Waals surface area contributed by atoms with Gasteiger partial charge in [-0.25, -0.2) is 0 Å². The summed E-state index contributed by atoms with van der Waals surface area (Å²) in [5.74, 6) is 5.63. The molecule has 3 nitrogen and oxygen atoms in total. The van der Waals surface area contributed by atoms with E-state index in [0.29, 0.717) is 18.7 Å². The van der Waals surface area contributed by atoms with Gasteiger partial charge in [-0.3, -0.25) is 4.79 Å². The Morgan fingerprint density at radius 2 is 2.21 bits per heavy atom. The van der Waals surface area contributed by atoms with Crippen LogP contribution in [0.1, 0.15) is 29.8 Å². The minimum absolute atomic E-state index is 0.0344. The van der Waals surface area contributed by atoms with Gasteiger partial charge in [0.15, 0.2) is 0 Å². The molecule has 0 atom stereocenters. The zero-order valence-corrected chi connectivity index (χ0v) is 12.4. The van der Waals surface area contributed by atoms with Crippen LogP contribution >= 0.6 is 11.8 Å². The molecule has 0 radical (unpaired) electrons. The molecule has 0 unspecified atom stereocenters. The summed E-state index contributed by atoms with van der Waals surface area (Å²) in [5, 5.41) is 2.94. The number of rotatable bonds is 4. The fraction of sp³-hybridized carbons (Fsp3) is 0.400. The van der Waals surface area contributed by atoms with Crippen LogP contribution in [0.15, 0.2) is 24.3 Å². The number of carbonyl (C=O) groups is 1. The summed E-state index contributed by atoms with van der Waals surface area (Å²) < 4.78 is 0.0344. The number of hydrogen-bond donors (Lipinski definition) is 2. The van der Waals surface area contributed by atoms with E-state index in [2.05, 4.69) is 31.0 Å². The summed E-state index contributed by atoms with van der Waals surface area (Å²) in [4.78, 5) is 12.0. The zero-order chi connectivity index (χ0) is 14.3. The highest BCUT2D eigenvalue weighted by atomic mass is 32.2. The molecule has 1 aromatic carbocycles. The van der Waals surface area contributed by atoms with Gasteiger partial charge in [-0.05, 0) is 38.3 Å². The molecule has 1 aromatic rings. The molecular formula is C15H20N2OS. The molecule has 102 valence electrons. The van der Waals surface area contributed by atoms with E-state index in [1.165, 1.54) is 0 Å². The topological polar surface area (TPSA) is 55.1 Å². The third kappa shape index (κ3) is 5.37. The summed E-state index contributed by atoms with van der Waals surface area (Å²) in [7, 11) is 0. The largest absolute Gasteiger partial charge is 0.351 e. The Bertz CT molecular complexity index is 500. The van der Waals surface area contributed by atoms with Crippen molar-refractivity contribution in [2.45, 2.75) is 18.6 Å². The molecule has 19 heavy (non-hydrogen) atoms. The fourth-order valence-electron chi connectivity index (χ4n) is 1.36. The first-order chi connectivity index (χ1) is 8.98. The molecule has 0 fully saturated rings. The van der Waals surface area contributed by atoms with Crippen molar-refractivity contribution in [3.05, 3.63) is 35.4 Å². The van der Waals surface area contributed by atoms with Crippen LogP contribution in [0.3, 0.4) is 0 Å². The molecule has 0 heterocycles. The maximum absolute atomic E-state index is 12.0. The molecule has 1 amide bonds. The number of nitrogens with two attached hydrogens (primary N) is 1. The SMILES string of the molecule is CSC(C)(C)CNC(=O)c1cccc(C#CCN)c1. The van der Waals surface area contributed by atoms with E-state index in [9.17, 15) is 4.79 Å². The summed E-state index contributed by atoms with van der Waals surface area (Å²) >= 11 is 1.73. The van der Waals surface area contributed by atoms with Crippen LogP contribution in [0.2, 0.25) is 0 Å². The molecule has 3 N–H and O–H groups in total. The molecule has 0 spiro atoms. The molecule has 0 aliphatic heterocycles. The molecule has 1 rings (SSSR count). The van der Waals surface area contributed by atoms with Crippen LogP contribution < -0.4 is 11.1 Å². The maximum atomic E-state index is 12.0. The summed E-state index contributed by atoms with van der Waals surface area (Å²) in [5.41, 5.74) is 6.76. The number of benzene rings is 1. The van der Waals surface area contributed by atoms with Crippen LogP contribution in [-0.4, -0.2) is 30.0 Å². The van der Waals surface area contributed by atoms with Crippen LogP contribution in [0.5, 0.6) is 0 Å². The van der Waals surface area contributed by atoms with Crippen LogP contribution in [0, 0.1) is 11.8 Å². The van der Waals surface area contributed by atoms with E-state index >= 15 is 0 Å². The Kier molecular flexibility index (Phi) is 5.94. The van der Waals surface area contributed by atoms with Crippen molar-refractivity contribution in [3.63, 3.8) is 0 Å². The summed E-state index contributed by atoms with van der Waals surface area (Å²) in [6.45, 7) is 5.15. The van der Waals surface area contributed by atoms with Gasteiger partial charge in [-0.1, -0.05) is 17.9 Å². The molecule has 0 saturated carbocycles. The standard InChI is InChI=1S/C15H20N2OS/c1-15(2,19-3)11-17-14(18)13-8-4-6-12(10-13)7-5-9-16/h4,6,8,10H,9,11,16H2,1-3H3,(H,17,18). The molecule has 0 bridgehead atoms. The summed E-state index contributed by atoms with van der Waals surface area (Å²) in [6.07, 6.45) is 2.04. The van der Waals surface area contributed by atoms with Crippen LogP contribution in [0.25, 0.3) is 0 Å². The molecular weight excluding hydrogens is 256 g/mol. The highest BCUT2D eigenvalue weighted by Crippen LogP contribution is 2.19. The average molecular weight is 276 g/mol. The number of carbonyl (C=O) groups excluding carboxylic acids is 1. The van der Waals surface area contributed by atoms with E-state index in [0.717, 1.165) is 5.56 Å². The third-order valence-electron chi connectivity index (χ3n) is 2.69. The Balaban J connectivity index is 2.72. The Morgan fingerprint density at radius 1 is 1.47 bits per heavy atom. The minimum Gasteiger partial charge on any atom is -0.351 e. The van der Waals surface area contributed by atoms with Crippen LogP contribution in [-0.2, 0) is 0 Å². The first-order valence-electron chi connectivity index (χ1n) is 6.11. The minimum atomic E-state index is -0.0708. The van der Waals surface area contributed by atoms with Gasteiger partial charge in [0, 0.05) is 22.4 Å². The lowest BCUT2D eigenvalue weighted by Gasteiger charge is -2.22. The predicted octanol–water partition coefficient (Wildman–Crippen LogP) is 1.87. The Morgan fingerprint density at radius 3 is 2.84 bits per heavy atom. The number of hydrogen-bond acceptors (Lipinski definition) is 3. The second kappa shape index (κ2) is 7.22. The summed E-state index contributed by atoms with van der Waals surface area (Å²) in [6, 6.07) is 7.26. The first-order valence-corrected chi connectivity index (χ1v) is 7.33. The number of nitrogens with one attached hydrogen (secondary N) is 1. The number of amides is 1. The second-order valence-corrected chi connectivity index (χ2v) is 6.25. The average Bonchev–Trinajstić information content (AvgIpc) is 2.43. The molecule has 0 saturated heterocycles. The highest BCUT2D eigenvalue weighted by molar-refractivity contribution is 7.99. The van der Waals surface area contributed by atoms with Gasteiger partial charge in [0.2, 0.25) is 0 Å². The molecule has 0 aliphatic rings. The van der Waals surface area contributed by atoms with Crippen molar-refractivity contribution in [2.24, 2.45) is 5.73 Å². The van der Waals surface area contributed by atoms with Crippen LogP contribution in [0.4, 0.5) is 0 Å². The second-order valence-electron chi connectivity index (χ2n) is 4.73. The predicted molar refractivity (Wildman–Crippen MR) is 82.3 cm³/mol. The van der Waals surface area contributed by atoms with E-state index in [-0.39, 0.29) is 10.7 Å². The number of thioether (sulfide) groups is 1. The van der Waals surface area contributed by atoms with Crippen molar-refractivity contribution in [3.8, 4) is 11.8 Å². The molecule has 0 aliphatic carbocycles. The molecule has 0 aromatic heterocycles. The van der Waals surface area contributed by atoms with Gasteiger partial charge in [0.25, 0.3) is 5.91 Å². The van der Waals surface area contributed by atoms with Gasteiger partial charge in [0.05, 0.1) is 6.54 Å². The van der Waals surface area contributed by atoms with E-state index < -0.39 is 0 Å². The van der Waals surface area contributed by atoms with E-state index in [1.54, 1.807) is 23.9 Å².